The molecular formula is C14H12ClNO3. The minimum absolute atomic E-state index is 0.166. The summed E-state index contributed by atoms with van der Waals surface area (Å²) >= 11 is 5.85. The number of carboxylic acids is 1. The number of benzene rings is 2. The first-order valence-corrected chi connectivity index (χ1v) is 5.98. The predicted octanol–water partition coefficient (Wildman–Crippen LogP) is 3.36. The van der Waals surface area contributed by atoms with Gasteiger partial charge in [-0.1, -0.05) is 11.6 Å². The van der Waals surface area contributed by atoms with Crippen LogP contribution in [0.4, 0.5) is 5.69 Å². The molecule has 0 aliphatic heterocycles. The molecule has 0 bridgehead atoms. The van der Waals surface area contributed by atoms with E-state index in [0.29, 0.717) is 17.1 Å². The van der Waals surface area contributed by atoms with Gasteiger partial charge in [-0.05, 0) is 42.5 Å². The van der Waals surface area contributed by atoms with Gasteiger partial charge in [0.15, 0.2) is 0 Å². The number of aromatic carboxylic acids is 1. The molecule has 0 aliphatic carbocycles. The molecule has 0 amide bonds. The first-order valence-electron chi connectivity index (χ1n) is 5.61. The highest BCUT2D eigenvalue weighted by atomic mass is 35.5. The smallest absolute Gasteiger partial charge is 0.335 e. The Morgan fingerprint density at radius 1 is 1.16 bits per heavy atom. The standard InChI is InChI=1S/C14H12ClNO3/c15-11-3-6-13(17)10(7-11)8-16-12-4-1-9(2-5-12)14(18)19/h1-7,16-17H,8H2,(H,18,19). The highest BCUT2D eigenvalue weighted by Gasteiger charge is 2.04. The molecule has 0 spiro atoms. The summed E-state index contributed by atoms with van der Waals surface area (Å²) in [6, 6.07) is 11.2. The first kappa shape index (κ1) is 13.2. The summed E-state index contributed by atoms with van der Waals surface area (Å²) in [5.41, 5.74) is 1.68. The topological polar surface area (TPSA) is 69.6 Å². The van der Waals surface area contributed by atoms with Crippen molar-refractivity contribution in [1.29, 1.82) is 0 Å². The molecule has 0 unspecified atom stereocenters. The van der Waals surface area contributed by atoms with Gasteiger partial charge in [-0.3, -0.25) is 0 Å². The van der Waals surface area contributed by atoms with Gasteiger partial charge in [0.2, 0.25) is 0 Å². The molecule has 5 heteroatoms. The number of phenolic OH excluding ortho intramolecular Hbond substituents is 1. The van der Waals surface area contributed by atoms with Gasteiger partial charge in [0.25, 0.3) is 0 Å². The Morgan fingerprint density at radius 2 is 1.84 bits per heavy atom. The van der Waals surface area contributed by atoms with Crippen molar-refractivity contribution in [1.82, 2.24) is 0 Å². The van der Waals surface area contributed by atoms with Crippen LogP contribution in [0.25, 0.3) is 0 Å². The van der Waals surface area contributed by atoms with Crippen LogP contribution in [-0.2, 0) is 6.54 Å². The maximum atomic E-state index is 10.7. The van der Waals surface area contributed by atoms with Gasteiger partial charge < -0.3 is 15.5 Å². The third-order valence-corrected chi connectivity index (χ3v) is 2.89. The van der Waals surface area contributed by atoms with Crippen LogP contribution in [0.1, 0.15) is 15.9 Å². The number of aromatic hydroxyl groups is 1. The lowest BCUT2D eigenvalue weighted by atomic mass is 10.2. The number of anilines is 1. The number of hydrogen-bond acceptors (Lipinski definition) is 3. The molecule has 2 aromatic carbocycles. The van der Waals surface area contributed by atoms with E-state index in [1.807, 2.05) is 0 Å². The van der Waals surface area contributed by atoms with E-state index >= 15 is 0 Å². The molecule has 0 heterocycles. The Morgan fingerprint density at radius 3 is 2.47 bits per heavy atom. The summed E-state index contributed by atoms with van der Waals surface area (Å²) in [5, 5.41) is 22.1. The quantitative estimate of drug-likeness (QED) is 0.801. The summed E-state index contributed by atoms with van der Waals surface area (Å²) in [7, 11) is 0. The Kier molecular flexibility index (Phi) is 3.92. The summed E-state index contributed by atoms with van der Waals surface area (Å²) in [5.74, 6) is -0.793. The van der Waals surface area contributed by atoms with Gasteiger partial charge in [-0.25, -0.2) is 4.79 Å². The molecule has 98 valence electrons. The highest BCUT2D eigenvalue weighted by Crippen LogP contribution is 2.22. The number of hydrogen-bond donors (Lipinski definition) is 3. The lowest BCUT2D eigenvalue weighted by Gasteiger charge is -2.08. The van der Waals surface area contributed by atoms with Crippen molar-refractivity contribution in [2.24, 2.45) is 0 Å². The van der Waals surface area contributed by atoms with E-state index in [9.17, 15) is 9.90 Å². The number of carboxylic acid groups (broad SMARTS) is 1. The molecule has 3 N–H and O–H groups in total. The van der Waals surface area contributed by atoms with Crippen LogP contribution in [0.3, 0.4) is 0 Å². The Hall–Kier alpha value is -2.20. The predicted molar refractivity (Wildman–Crippen MR) is 73.8 cm³/mol. The third kappa shape index (κ3) is 3.39. The van der Waals surface area contributed by atoms with Crippen molar-refractivity contribution in [3.8, 4) is 5.75 Å². The van der Waals surface area contributed by atoms with Crippen LogP contribution in [0.15, 0.2) is 42.5 Å². The Bertz CT molecular complexity index is 596. The molecule has 2 rings (SSSR count). The SMILES string of the molecule is O=C(O)c1ccc(NCc2cc(Cl)ccc2O)cc1. The van der Waals surface area contributed by atoms with Crippen LogP contribution in [0, 0.1) is 0 Å². The molecule has 0 aromatic heterocycles. The molecule has 0 atom stereocenters. The molecule has 0 aliphatic rings. The molecule has 0 saturated carbocycles. The van der Waals surface area contributed by atoms with Gasteiger partial charge in [0.1, 0.15) is 5.75 Å². The fourth-order valence-electron chi connectivity index (χ4n) is 1.62. The van der Waals surface area contributed by atoms with Crippen molar-refractivity contribution < 1.29 is 15.0 Å². The highest BCUT2D eigenvalue weighted by molar-refractivity contribution is 6.30. The number of rotatable bonds is 4. The number of carbonyl (C=O) groups is 1. The third-order valence-electron chi connectivity index (χ3n) is 2.66. The fraction of sp³-hybridized carbons (Fsp3) is 0.0714. The summed E-state index contributed by atoms with van der Waals surface area (Å²) in [6.07, 6.45) is 0. The van der Waals surface area contributed by atoms with Crippen LogP contribution in [0.2, 0.25) is 5.02 Å². The lowest BCUT2D eigenvalue weighted by molar-refractivity contribution is 0.0697. The zero-order valence-corrected chi connectivity index (χ0v) is 10.7. The van der Waals surface area contributed by atoms with E-state index < -0.39 is 5.97 Å². The molecule has 2 aromatic rings. The van der Waals surface area contributed by atoms with Gasteiger partial charge in [0.05, 0.1) is 5.56 Å². The van der Waals surface area contributed by atoms with Gasteiger partial charge in [-0.15, -0.1) is 0 Å². The van der Waals surface area contributed by atoms with Gasteiger partial charge in [-0.2, -0.15) is 0 Å². The zero-order chi connectivity index (χ0) is 13.8. The van der Waals surface area contributed by atoms with Crippen molar-refractivity contribution in [3.05, 3.63) is 58.6 Å². The van der Waals surface area contributed by atoms with Gasteiger partial charge >= 0.3 is 5.97 Å². The summed E-state index contributed by atoms with van der Waals surface area (Å²) in [4.78, 5) is 10.7. The van der Waals surface area contributed by atoms with E-state index in [2.05, 4.69) is 5.32 Å². The molecule has 4 nitrogen and oxygen atoms in total. The minimum atomic E-state index is -0.959. The summed E-state index contributed by atoms with van der Waals surface area (Å²) < 4.78 is 0. The fourth-order valence-corrected chi connectivity index (χ4v) is 1.82. The van der Waals surface area contributed by atoms with Crippen LogP contribution in [-0.4, -0.2) is 16.2 Å². The lowest BCUT2D eigenvalue weighted by Crippen LogP contribution is -2.01. The molecule has 0 radical (unpaired) electrons. The second kappa shape index (κ2) is 5.63. The second-order valence-electron chi connectivity index (χ2n) is 4.01. The van der Waals surface area contributed by atoms with Crippen molar-refractivity contribution in [3.63, 3.8) is 0 Å². The van der Waals surface area contributed by atoms with E-state index in [0.717, 1.165) is 5.69 Å². The van der Waals surface area contributed by atoms with E-state index in [-0.39, 0.29) is 11.3 Å². The number of halogens is 1. The average Bonchev–Trinajstić information content (AvgIpc) is 2.40. The second-order valence-corrected chi connectivity index (χ2v) is 4.45. The summed E-state index contributed by atoms with van der Waals surface area (Å²) in [6.45, 7) is 0.402. The Balaban J connectivity index is 2.06. The largest absolute Gasteiger partial charge is 0.508 e. The Labute approximate surface area is 115 Å². The molecule has 0 saturated heterocycles. The maximum Gasteiger partial charge on any atom is 0.335 e. The first-order chi connectivity index (χ1) is 9.06. The molecule has 0 fully saturated rings. The van der Waals surface area contributed by atoms with Crippen LogP contribution < -0.4 is 5.32 Å². The maximum absolute atomic E-state index is 10.7. The van der Waals surface area contributed by atoms with Crippen LogP contribution in [0.5, 0.6) is 5.75 Å². The van der Waals surface area contributed by atoms with Gasteiger partial charge in [0, 0.05) is 22.8 Å². The molecule has 19 heavy (non-hydrogen) atoms. The van der Waals surface area contributed by atoms with Crippen molar-refractivity contribution >= 4 is 23.3 Å². The van der Waals surface area contributed by atoms with E-state index in [1.54, 1.807) is 24.3 Å². The number of nitrogens with one attached hydrogen (secondary N) is 1. The zero-order valence-electron chi connectivity index (χ0n) is 9.93. The van der Waals surface area contributed by atoms with Crippen molar-refractivity contribution in [2.45, 2.75) is 6.54 Å². The van der Waals surface area contributed by atoms with Crippen molar-refractivity contribution in [2.75, 3.05) is 5.32 Å². The minimum Gasteiger partial charge on any atom is -0.508 e. The average molecular weight is 278 g/mol. The monoisotopic (exact) mass is 277 g/mol. The molecular weight excluding hydrogens is 266 g/mol. The van der Waals surface area contributed by atoms with Crippen LogP contribution >= 0.6 is 11.6 Å². The van der Waals surface area contributed by atoms with E-state index in [1.165, 1.54) is 18.2 Å². The normalized spacial score (nSPS) is 10.2. The van der Waals surface area contributed by atoms with E-state index in [4.69, 9.17) is 16.7 Å². The number of phenols is 1.